The number of carbonyl (C=O) groups excluding carboxylic acids is 1. The van der Waals surface area contributed by atoms with Crippen LogP contribution in [0.25, 0.3) is 0 Å². The number of hydrogen-bond acceptors (Lipinski definition) is 4. The number of pyridine rings is 1. The zero-order valence-corrected chi connectivity index (χ0v) is 11.4. The summed E-state index contributed by atoms with van der Waals surface area (Å²) in [5.74, 6) is 0.706. The fraction of sp³-hybridized carbons (Fsp3) is 0.286. The summed E-state index contributed by atoms with van der Waals surface area (Å²) in [4.78, 5) is 11.7. The van der Waals surface area contributed by atoms with Crippen LogP contribution in [0.1, 0.15) is 11.5 Å². The molecule has 0 aliphatic heterocycles. The SMILES string of the molecule is Cc1c(OCC(=O)NCc2ccco2)c(O)cc[n+]1C. The second kappa shape index (κ2) is 6.10. The van der Waals surface area contributed by atoms with Gasteiger partial charge in [-0.15, -0.1) is 0 Å². The molecule has 0 spiro atoms. The van der Waals surface area contributed by atoms with E-state index in [9.17, 15) is 9.90 Å². The van der Waals surface area contributed by atoms with E-state index in [-0.39, 0.29) is 18.3 Å². The molecule has 20 heavy (non-hydrogen) atoms. The minimum Gasteiger partial charge on any atom is -0.504 e. The van der Waals surface area contributed by atoms with Crippen LogP contribution in [-0.4, -0.2) is 17.6 Å². The fourth-order valence-corrected chi connectivity index (χ4v) is 1.68. The van der Waals surface area contributed by atoms with Gasteiger partial charge in [0.2, 0.25) is 11.4 Å². The fourth-order valence-electron chi connectivity index (χ4n) is 1.68. The molecule has 2 N–H and O–H groups in total. The largest absolute Gasteiger partial charge is 0.504 e. The van der Waals surface area contributed by atoms with Crippen LogP contribution in [-0.2, 0) is 18.4 Å². The van der Waals surface area contributed by atoms with Crippen molar-refractivity contribution in [3.63, 3.8) is 0 Å². The minimum absolute atomic E-state index is 0.0134. The summed E-state index contributed by atoms with van der Waals surface area (Å²) in [6.07, 6.45) is 3.26. The maximum atomic E-state index is 11.7. The molecule has 0 atom stereocenters. The van der Waals surface area contributed by atoms with Gasteiger partial charge in [-0.3, -0.25) is 4.79 Å². The van der Waals surface area contributed by atoms with Crippen molar-refractivity contribution in [1.29, 1.82) is 0 Å². The third kappa shape index (κ3) is 3.28. The zero-order valence-electron chi connectivity index (χ0n) is 11.4. The highest BCUT2D eigenvalue weighted by Crippen LogP contribution is 2.26. The van der Waals surface area contributed by atoms with E-state index in [4.69, 9.17) is 9.15 Å². The van der Waals surface area contributed by atoms with E-state index in [2.05, 4.69) is 5.32 Å². The average Bonchev–Trinajstić information content (AvgIpc) is 2.94. The van der Waals surface area contributed by atoms with E-state index in [1.807, 2.05) is 7.05 Å². The zero-order chi connectivity index (χ0) is 14.5. The number of nitrogens with zero attached hydrogens (tertiary/aromatic N) is 1. The molecule has 1 amide bonds. The van der Waals surface area contributed by atoms with E-state index in [1.54, 1.807) is 36.1 Å². The Morgan fingerprint density at radius 3 is 3.00 bits per heavy atom. The standard InChI is InChI=1S/C14H16N2O4/c1-10-14(12(17)5-6-16(10)2)20-9-13(18)15-8-11-4-3-7-19-11/h3-7H,8-9H2,1-2H3,(H,15,18)/p+1. The quantitative estimate of drug-likeness (QED) is 0.793. The number of amides is 1. The van der Waals surface area contributed by atoms with Crippen molar-refractivity contribution in [2.75, 3.05) is 6.61 Å². The summed E-state index contributed by atoms with van der Waals surface area (Å²) in [6, 6.07) is 5.04. The predicted molar refractivity (Wildman–Crippen MR) is 70.1 cm³/mol. The summed E-state index contributed by atoms with van der Waals surface area (Å²) in [7, 11) is 1.83. The summed E-state index contributed by atoms with van der Waals surface area (Å²) >= 11 is 0. The van der Waals surface area contributed by atoms with Crippen molar-refractivity contribution in [3.05, 3.63) is 42.1 Å². The second-order valence-corrected chi connectivity index (χ2v) is 4.37. The Morgan fingerprint density at radius 2 is 2.30 bits per heavy atom. The molecule has 0 aromatic carbocycles. The monoisotopic (exact) mass is 277 g/mol. The molecular formula is C14H17N2O4+. The van der Waals surface area contributed by atoms with Crippen LogP contribution in [0.2, 0.25) is 0 Å². The first-order chi connectivity index (χ1) is 9.58. The maximum absolute atomic E-state index is 11.7. The van der Waals surface area contributed by atoms with Crippen LogP contribution < -0.4 is 14.6 Å². The molecule has 2 rings (SSSR count). The van der Waals surface area contributed by atoms with Crippen LogP contribution in [0.5, 0.6) is 11.5 Å². The number of hydrogen-bond donors (Lipinski definition) is 2. The van der Waals surface area contributed by atoms with E-state index in [0.29, 0.717) is 18.1 Å². The third-order valence-electron chi connectivity index (χ3n) is 2.93. The van der Waals surface area contributed by atoms with E-state index in [1.165, 1.54) is 6.07 Å². The van der Waals surface area contributed by atoms with Gasteiger partial charge in [0, 0.05) is 13.0 Å². The molecule has 0 saturated carbocycles. The molecule has 6 nitrogen and oxygen atoms in total. The number of rotatable bonds is 5. The maximum Gasteiger partial charge on any atom is 0.258 e. The Balaban J connectivity index is 1.89. The molecule has 2 aromatic rings. The van der Waals surface area contributed by atoms with Crippen LogP contribution >= 0.6 is 0 Å². The highest BCUT2D eigenvalue weighted by atomic mass is 16.5. The molecule has 0 fully saturated rings. The van der Waals surface area contributed by atoms with Crippen LogP contribution in [0.3, 0.4) is 0 Å². The summed E-state index contributed by atoms with van der Waals surface area (Å²) in [5.41, 5.74) is 0.740. The van der Waals surface area contributed by atoms with Gasteiger partial charge in [0.25, 0.3) is 5.91 Å². The number of furan rings is 1. The van der Waals surface area contributed by atoms with Crippen molar-refractivity contribution in [3.8, 4) is 11.5 Å². The number of carbonyl (C=O) groups is 1. The lowest BCUT2D eigenvalue weighted by Gasteiger charge is -2.09. The number of aromatic hydroxyl groups is 1. The Morgan fingerprint density at radius 1 is 1.50 bits per heavy atom. The normalized spacial score (nSPS) is 10.3. The topological polar surface area (TPSA) is 75.6 Å². The van der Waals surface area contributed by atoms with Crippen molar-refractivity contribution < 1.29 is 23.6 Å². The molecule has 0 aliphatic rings. The van der Waals surface area contributed by atoms with Gasteiger partial charge in [0.05, 0.1) is 12.8 Å². The number of nitrogens with one attached hydrogen (secondary N) is 1. The lowest BCUT2D eigenvalue weighted by atomic mass is 10.3. The Hall–Kier alpha value is -2.50. The van der Waals surface area contributed by atoms with Gasteiger partial charge >= 0.3 is 0 Å². The first kappa shape index (κ1) is 13.9. The molecule has 0 aliphatic carbocycles. The van der Waals surface area contributed by atoms with E-state index >= 15 is 0 Å². The smallest absolute Gasteiger partial charge is 0.258 e. The van der Waals surface area contributed by atoms with Crippen LogP contribution in [0.4, 0.5) is 0 Å². The van der Waals surface area contributed by atoms with Gasteiger partial charge in [0.1, 0.15) is 12.8 Å². The number of ether oxygens (including phenoxy) is 1. The van der Waals surface area contributed by atoms with Gasteiger partial charge in [-0.2, -0.15) is 0 Å². The van der Waals surface area contributed by atoms with Crippen LogP contribution in [0, 0.1) is 6.92 Å². The average molecular weight is 277 g/mol. The molecule has 0 bridgehead atoms. The van der Waals surface area contributed by atoms with Crippen LogP contribution in [0.15, 0.2) is 35.1 Å². The van der Waals surface area contributed by atoms with Crippen molar-refractivity contribution in [2.45, 2.75) is 13.5 Å². The van der Waals surface area contributed by atoms with Crippen molar-refractivity contribution in [2.24, 2.45) is 7.05 Å². The molecule has 6 heteroatoms. The highest BCUT2D eigenvalue weighted by Gasteiger charge is 2.16. The first-order valence-electron chi connectivity index (χ1n) is 6.18. The lowest BCUT2D eigenvalue weighted by molar-refractivity contribution is -0.678. The first-order valence-corrected chi connectivity index (χ1v) is 6.18. The van der Waals surface area contributed by atoms with Gasteiger partial charge in [-0.1, -0.05) is 0 Å². The van der Waals surface area contributed by atoms with Gasteiger partial charge in [-0.05, 0) is 12.1 Å². The molecular weight excluding hydrogens is 260 g/mol. The molecule has 2 aromatic heterocycles. The molecule has 0 unspecified atom stereocenters. The lowest BCUT2D eigenvalue weighted by Crippen LogP contribution is -2.33. The van der Waals surface area contributed by atoms with Gasteiger partial charge in [-0.25, -0.2) is 4.57 Å². The van der Waals surface area contributed by atoms with E-state index in [0.717, 1.165) is 5.69 Å². The third-order valence-corrected chi connectivity index (χ3v) is 2.93. The molecule has 2 heterocycles. The van der Waals surface area contributed by atoms with Gasteiger partial charge < -0.3 is 19.6 Å². The highest BCUT2D eigenvalue weighted by molar-refractivity contribution is 5.77. The predicted octanol–water partition coefficient (Wildman–Crippen LogP) is 0.813. The summed E-state index contributed by atoms with van der Waals surface area (Å²) in [6.45, 7) is 1.94. The number of aromatic nitrogens is 1. The Bertz CT molecular complexity index is 593. The molecule has 0 saturated heterocycles. The minimum atomic E-state index is -0.285. The summed E-state index contributed by atoms with van der Waals surface area (Å²) < 4.78 is 12.3. The summed E-state index contributed by atoms with van der Waals surface area (Å²) in [5, 5.41) is 12.4. The Kier molecular flexibility index (Phi) is 4.24. The molecule has 106 valence electrons. The Labute approximate surface area is 116 Å². The number of aryl methyl sites for hydroxylation is 1. The second-order valence-electron chi connectivity index (χ2n) is 4.37. The van der Waals surface area contributed by atoms with Crippen molar-refractivity contribution in [1.82, 2.24) is 5.32 Å². The van der Waals surface area contributed by atoms with E-state index < -0.39 is 0 Å². The molecule has 0 radical (unpaired) electrons. The van der Waals surface area contributed by atoms with Crippen molar-refractivity contribution >= 4 is 5.91 Å². The van der Waals surface area contributed by atoms with Gasteiger partial charge in [0.15, 0.2) is 18.6 Å².